The van der Waals surface area contributed by atoms with Crippen molar-refractivity contribution < 1.29 is 28.5 Å². The second kappa shape index (κ2) is 8.83. The number of piperidine rings is 1. The van der Waals surface area contributed by atoms with Crippen LogP contribution < -0.4 is 23.7 Å². The third-order valence-electron chi connectivity index (χ3n) is 5.71. The highest BCUT2D eigenvalue weighted by atomic mass is 16.7. The maximum Gasteiger partial charge on any atom is 0.231 e. The number of fused-ring (bicyclic) bond motifs is 1. The maximum absolute atomic E-state index is 13.1. The van der Waals surface area contributed by atoms with Crippen LogP contribution in [0.3, 0.4) is 0 Å². The molecule has 2 heterocycles. The molecule has 0 amide bonds. The van der Waals surface area contributed by atoms with Crippen molar-refractivity contribution in [2.75, 3.05) is 41.2 Å². The number of hydrogen-bond donors (Lipinski definition) is 0. The molecule has 0 radical (unpaired) electrons. The van der Waals surface area contributed by atoms with Crippen LogP contribution in [0.2, 0.25) is 0 Å². The van der Waals surface area contributed by atoms with Gasteiger partial charge in [0.05, 0.1) is 21.3 Å². The van der Waals surface area contributed by atoms with Crippen molar-refractivity contribution in [2.45, 2.75) is 19.4 Å². The second-order valence-electron chi connectivity index (χ2n) is 7.53. The van der Waals surface area contributed by atoms with Crippen LogP contribution in [-0.4, -0.2) is 51.9 Å². The molecule has 2 aromatic rings. The number of nitrogens with zero attached hydrogens (tertiary/aromatic N) is 1. The Kier molecular flexibility index (Phi) is 5.99. The highest BCUT2D eigenvalue weighted by Gasteiger charge is 2.28. The molecule has 0 N–H and O–H groups in total. The first-order valence-corrected chi connectivity index (χ1v) is 10.1. The van der Waals surface area contributed by atoms with Gasteiger partial charge in [-0.25, -0.2) is 0 Å². The molecular formula is C23H27NO6. The number of hydrogen-bond acceptors (Lipinski definition) is 7. The van der Waals surface area contributed by atoms with Crippen LogP contribution in [-0.2, 0) is 6.54 Å². The van der Waals surface area contributed by atoms with E-state index in [9.17, 15) is 4.79 Å². The summed E-state index contributed by atoms with van der Waals surface area (Å²) in [4.78, 5) is 15.4. The summed E-state index contributed by atoms with van der Waals surface area (Å²) in [7, 11) is 4.87. The molecule has 2 aliphatic heterocycles. The Morgan fingerprint density at radius 3 is 2.50 bits per heavy atom. The average Bonchev–Trinajstić information content (AvgIpc) is 3.26. The van der Waals surface area contributed by atoms with Crippen molar-refractivity contribution in [2.24, 2.45) is 5.92 Å². The Morgan fingerprint density at radius 2 is 1.73 bits per heavy atom. The third-order valence-corrected chi connectivity index (χ3v) is 5.71. The fraction of sp³-hybridized carbons (Fsp3) is 0.435. The average molecular weight is 413 g/mol. The summed E-state index contributed by atoms with van der Waals surface area (Å²) >= 11 is 0. The molecule has 2 aliphatic rings. The normalized spacial score (nSPS) is 18.2. The van der Waals surface area contributed by atoms with Crippen molar-refractivity contribution in [3.8, 4) is 28.7 Å². The highest BCUT2D eigenvalue weighted by Crippen LogP contribution is 2.36. The Hall–Kier alpha value is -2.93. The van der Waals surface area contributed by atoms with Crippen molar-refractivity contribution in [1.82, 2.24) is 4.90 Å². The summed E-state index contributed by atoms with van der Waals surface area (Å²) < 4.78 is 27.1. The van der Waals surface area contributed by atoms with Gasteiger partial charge in [-0.15, -0.1) is 0 Å². The Labute approximate surface area is 176 Å². The molecule has 0 spiro atoms. The summed E-state index contributed by atoms with van der Waals surface area (Å²) in [5, 5.41) is 0. The van der Waals surface area contributed by atoms with E-state index >= 15 is 0 Å². The number of methoxy groups -OCH3 is 3. The zero-order valence-corrected chi connectivity index (χ0v) is 17.6. The van der Waals surface area contributed by atoms with Crippen LogP contribution in [0.25, 0.3) is 0 Å². The minimum absolute atomic E-state index is 0.0507. The molecule has 2 aromatic carbocycles. The van der Waals surface area contributed by atoms with Gasteiger partial charge in [0, 0.05) is 36.2 Å². The largest absolute Gasteiger partial charge is 0.496 e. The van der Waals surface area contributed by atoms with Gasteiger partial charge in [0.25, 0.3) is 0 Å². The molecule has 1 saturated heterocycles. The summed E-state index contributed by atoms with van der Waals surface area (Å²) in [6.07, 6.45) is 1.85. The number of ether oxygens (including phenoxy) is 5. The van der Waals surface area contributed by atoms with E-state index in [2.05, 4.69) is 4.90 Å². The van der Waals surface area contributed by atoms with Gasteiger partial charge in [-0.1, -0.05) is 0 Å². The lowest BCUT2D eigenvalue weighted by molar-refractivity contribution is 0.0810. The van der Waals surface area contributed by atoms with E-state index in [-0.39, 0.29) is 18.5 Å². The van der Waals surface area contributed by atoms with Gasteiger partial charge in [-0.3, -0.25) is 9.69 Å². The summed E-state index contributed by atoms with van der Waals surface area (Å²) in [6, 6.07) is 9.21. The van der Waals surface area contributed by atoms with Crippen LogP contribution in [0, 0.1) is 5.92 Å². The number of carbonyl (C=O) groups is 1. The lowest BCUT2D eigenvalue weighted by atomic mass is 9.89. The molecule has 160 valence electrons. The van der Waals surface area contributed by atoms with E-state index in [0.717, 1.165) is 30.7 Å². The molecule has 30 heavy (non-hydrogen) atoms. The lowest BCUT2D eigenvalue weighted by Gasteiger charge is -2.32. The van der Waals surface area contributed by atoms with Crippen molar-refractivity contribution in [3.05, 3.63) is 41.5 Å². The van der Waals surface area contributed by atoms with Crippen LogP contribution in [0.15, 0.2) is 30.3 Å². The molecular weight excluding hydrogens is 386 g/mol. The summed E-state index contributed by atoms with van der Waals surface area (Å²) in [6.45, 7) is 2.51. The van der Waals surface area contributed by atoms with E-state index in [1.54, 1.807) is 27.4 Å². The number of rotatable bonds is 7. The van der Waals surface area contributed by atoms with Gasteiger partial charge in [0.2, 0.25) is 6.79 Å². The number of carbonyl (C=O) groups excluding carboxylic acids is 1. The van der Waals surface area contributed by atoms with Crippen molar-refractivity contribution >= 4 is 5.78 Å². The minimum atomic E-state index is -0.0507. The molecule has 0 saturated carbocycles. The van der Waals surface area contributed by atoms with Crippen LogP contribution in [0.4, 0.5) is 0 Å². The number of Topliss-reactive ketones (excluding diaryl/α,β-unsaturated/α-hetero) is 1. The maximum atomic E-state index is 13.1. The molecule has 7 heteroatoms. The van der Waals surface area contributed by atoms with E-state index in [1.165, 1.54) is 0 Å². The monoisotopic (exact) mass is 413 g/mol. The van der Waals surface area contributed by atoms with E-state index in [4.69, 9.17) is 23.7 Å². The number of benzene rings is 2. The molecule has 0 aromatic heterocycles. The van der Waals surface area contributed by atoms with Crippen LogP contribution in [0.5, 0.6) is 28.7 Å². The SMILES string of the molecule is COc1cc(OC)c(OC)cc1CN1CCC[C@@H](C(=O)c2ccc3c(c2)OCO3)C1. The number of ketones is 1. The van der Waals surface area contributed by atoms with E-state index < -0.39 is 0 Å². The zero-order valence-electron chi connectivity index (χ0n) is 17.6. The van der Waals surface area contributed by atoms with E-state index in [0.29, 0.717) is 41.7 Å². The highest BCUT2D eigenvalue weighted by molar-refractivity contribution is 5.98. The molecule has 7 nitrogen and oxygen atoms in total. The summed E-state index contributed by atoms with van der Waals surface area (Å²) in [5.41, 5.74) is 1.68. The van der Waals surface area contributed by atoms with Gasteiger partial charge >= 0.3 is 0 Å². The lowest BCUT2D eigenvalue weighted by Crippen LogP contribution is -2.38. The standard InChI is InChI=1S/C23H27NO6/c1-26-19-11-21(28-3)20(27-2)10-17(19)13-24-8-4-5-16(12-24)23(25)15-6-7-18-22(9-15)30-14-29-18/h6-7,9-11,16H,4-5,8,12-14H2,1-3H3/t16-/m1/s1. The Morgan fingerprint density at radius 1 is 1.00 bits per heavy atom. The number of likely N-dealkylation sites (tertiary alicyclic amines) is 1. The van der Waals surface area contributed by atoms with Crippen LogP contribution in [0.1, 0.15) is 28.8 Å². The van der Waals surface area contributed by atoms with Crippen molar-refractivity contribution in [3.63, 3.8) is 0 Å². The quantitative estimate of drug-likeness (QED) is 0.643. The molecule has 0 bridgehead atoms. The molecule has 1 atom stereocenters. The minimum Gasteiger partial charge on any atom is -0.496 e. The third kappa shape index (κ3) is 4.03. The van der Waals surface area contributed by atoms with Gasteiger partial charge in [0.15, 0.2) is 28.8 Å². The predicted octanol–water partition coefficient (Wildman–Crippen LogP) is 3.54. The predicted molar refractivity (Wildman–Crippen MR) is 111 cm³/mol. The van der Waals surface area contributed by atoms with Gasteiger partial charge in [-0.2, -0.15) is 0 Å². The first-order chi connectivity index (χ1) is 14.6. The van der Waals surface area contributed by atoms with Gasteiger partial charge < -0.3 is 23.7 Å². The van der Waals surface area contributed by atoms with Crippen LogP contribution >= 0.6 is 0 Å². The molecule has 1 fully saturated rings. The molecule has 4 rings (SSSR count). The Balaban J connectivity index is 1.48. The van der Waals surface area contributed by atoms with E-state index in [1.807, 2.05) is 24.3 Å². The van der Waals surface area contributed by atoms with Gasteiger partial charge in [0.1, 0.15) is 5.75 Å². The van der Waals surface area contributed by atoms with Gasteiger partial charge in [-0.05, 0) is 43.7 Å². The zero-order chi connectivity index (χ0) is 21.1. The topological polar surface area (TPSA) is 66.5 Å². The molecule has 0 aliphatic carbocycles. The smallest absolute Gasteiger partial charge is 0.231 e. The fourth-order valence-corrected chi connectivity index (χ4v) is 4.16. The fourth-order valence-electron chi connectivity index (χ4n) is 4.16. The Bertz CT molecular complexity index is 928. The molecule has 0 unspecified atom stereocenters. The summed E-state index contributed by atoms with van der Waals surface area (Å²) in [5.74, 6) is 3.48. The first-order valence-electron chi connectivity index (χ1n) is 10.1. The first kappa shape index (κ1) is 20.3. The van der Waals surface area contributed by atoms with Crippen molar-refractivity contribution in [1.29, 1.82) is 0 Å². The second-order valence-corrected chi connectivity index (χ2v) is 7.53.